The third-order valence-corrected chi connectivity index (χ3v) is 9.23. The molecule has 9 heteroatoms. The molecule has 36 heavy (non-hydrogen) atoms. The molecular weight excluding hydrogens is 466 g/mol. The predicted molar refractivity (Wildman–Crippen MR) is 127 cm³/mol. The number of esters is 3. The second kappa shape index (κ2) is 9.11. The number of ether oxygens (including phenoxy) is 5. The summed E-state index contributed by atoms with van der Waals surface area (Å²) in [7, 11) is 0. The number of rotatable bonds is 0. The smallest absolute Gasteiger partial charge is 0.331 e. The average Bonchev–Trinajstić information content (AvgIpc) is 3.62. The van der Waals surface area contributed by atoms with E-state index in [4.69, 9.17) is 29.4 Å². The lowest BCUT2D eigenvalue weighted by Gasteiger charge is -2.58. The molecule has 0 amide bonds. The van der Waals surface area contributed by atoms with Gasteiger partial charge in [0.15, 0.2) is 0 Å². The minimum absolute atomic E-state index is 0.0800. The van der Waals surface area contributed by atoms with Crippen molar-refractivity contribution in [2.24, 2.45) is 22.5 Å². The van der Waals surface area contributed by atoms with Crippen molar-refractivity contribution in [1.82, 2.24) is 0 Å². The van der Waals surface area contributed by atoms with Crippen LogP contribution >= 0.6 is 0 Å². The maximum absolute atomic E-state index is 13.1. The molecule has 1 unspecified atom stereocenters. The maximum atomic E-state index is 13.1. The molecular formula is C27H35NO8. The first kappa shape index (κ1) is 25.2. The fourth-order valence-corrected chi connectivity index (χ4v) is 6.68. The SMILES string of the molecule is CC1=CC2O[C@@H]3C[C@H]4OC(=O)/C=C\C=C\C(=O)OCC[C@@H](C)[C@H](N)C(=O)OC[C@@]2(CC1)[C@]4(C)[C@]31CO1. The van der Waals surface area contributed by atoms with E-state index in [0.29, 0.717) is 25.9 Å². The van der Waals surface area contributed by atoms with Crippen molar-refractivity contribution in [2.75, 3.05) is 19.8 Å². The molecule has 3 fully saturated rings. The standard InChI is InChI=1S/C27H35NO8/c1-16-8-10-26-14-33-24(31)23(28)17(2)9-11-32-21(29)6-4-5-7-22(30)36-18-13-20(35-19(26)12-16)27(15-34-27)25(18,26)3/h4-7,12,17-20,23H,8-11,13-15,28H2,1-3H3/b6-4+,7-5-/t17-,18-,19?,20-,23+,25-,26-,27+/m1/s1. The molecule has 2 aliphatic carbocycles. The van der Waals surface area contributed by atoms with Crippen molar-refractivity contribution in [3.05, 3.63) is 36.0 Å². The Balaban J connectivity index is 1.52. The van der Waals surface area contributed by atoms with Gasteiger partial charge in [0, 0.05) is 24.0 Å². The second-order valence-corrected chi connectivity index (χ2v) is 11.0. The van der Waals surface area contributed by atoms with Crippen molar-refractivity contribution >= 4 is 17.9 Å². The fraction of sp³-hybridized carbons (Fsp3) is 0.667. The Morgan fingerprint density at radius 3 is 2.47 bits per heavy atom. The molecule has 0 aromatic carbocycles. The second-order valence-electron chi connectivity index (χ2n) is 11.0. The van der Waals surface area contributed by atoms with Gasteiger partial charge in [-0.25, -0.2) is 9.59 Å². The Kier molecular flexibility index (Phi) is 6.37. The van der Waals surface area contributed by atoms with Crippen LogP contribution in [0.3, 0.4) is 0 Å². The summed E-state index contributed by atoms with van der Waals surface area (Å²) >= 11 is 0. The van der Waals surface area contributed by atoms with Crippen LogP contribution in [0.5, 0.6) is 0 Å². The summed E-state index contributed by atoms with van der Waals surface area (Å²) in [5.41, 5.74) is 5.57. The molecule has 2 spiro atoms. The van der Waals surface area contributed by atoms with Crippen molar-refractivity contribution < 1.29 is 38.1 Å². The topological polar surface area (TPSA) is 127 Å². The van der Waals surface area contributed by atoms with E-state index in [-0.39, 0.29) is 31.3 Å². The molecule has 2 saturated heterocycles. The Bertz CT molecular complexity index is 1030. The van der Waals surface area contributed by atoms with E-state index in [9.17, 15) is 14.4 Å². The summed E-state index contributed by atoms with van der Waals surface area (Å²) in [5.74, 6) is -1.84. The van der Waals surface area contributed by atoms with Crippen molar-refractivity contribution in [1.29, 1.82) is 0 Å². The summed E-state index contributed by atoms with van der Waals surface area (Å²) in [4.78, 5) is 37.8. The number of allylic oxidation sites excluding steroid dienone is 3. The zero-order chi connectivity index (χ0) is 25.7. The van der Waals surface area contributed by atoms with Crippen molar-refractivity contribution in [3.8, 4) is 0 Å². The summed E-state index contributed by atoms with van der Waals surface area (Å²) in [6.45, 7) is 6.70. The number of nitrogens with two attached hydrogens (primary N) is 1. The zero-order valence-corrected chi connectivity index (χ0v) is 21.1. The maximum Gasteiger partial charge on any atom is 0.331 e. The first-order valence-electron chi connectivity index (χ1n) is 12.7. The number of epoxide rings is 1. The monoisotopic (exact) mass is 501 g/mol. The van der Waals surface area contributed by atoms with Crippen LogP contribution in [-0.2, 0) is 38.1 Å². The lowest BCUT2D eigenvalue weighted by Crippen LogP contribution is -2.67. The van der Waals surface area contributed by atoms with Crippen LogP contribution in [0.25, 0.3) is 0 Å². The Morgan fingerprint density at radius 1 is 1.03 bits per heavy atom. The predicted octanol–water partition coefficient (Wildman–Crippen LogP) is 2.14. The average molecular weight is 502 g/mol. The molecule has 9 nitrogen and oxygen atoms in total. The first-order chi connectivity index (χ1) is 17.1. The molecule has 0 radical (unpaired) electrons. The van der Waals surface area contributed by atoms with Gasteiger partial charge in [0.2, 0.25) is 0 Å². The number of cyclic esters (lactones) is 2. The molecule has 2 bridgehead atoms. The van der Waals surface area contributed by atoms with Gasteiger partial charge in [0.25, 0.3) is 0 Å². The van der Waals surface area contributed by atoms with Gasteiger partial charge in [-0.3, -0.25) is 4.79 Å². The summed E-state index contributed by atoms with van der Waals surface area (Å²) in [6.07, 6.45) is 8.93. The van der Waals surface area contributed by atoms with E-state index in [1.165, 1.54) is 29.9 Å². The van der Waals surface area contributed by atoms with Gasteiger partial charge in [0.1, 0.15) is 24.4 Å². The summed E-state index contributed by atoms with van der Waals surface area (Å²) in [5, 5.41) is 0. The van der Waals surface area contributed by atoms with Gasteiger partial charge in [0.05, 0.1) is 30.8 Å². The molecule has 2 N–H and O–H groups in total. The molecule has 5 rings (SSSR count). The number of hydrogen-bond acceptors (Lipinski definition) is 9. The molecule has 196 valence electrons. The van der Waals surface area contributed by atoms with Gasteiger partial charge >= 0.3 is 17.9 Å². The molecule has 0 aromatic rings. The van der Waals surface area contributed by atoms with Gasteiger partial charge in [-0.05, 0) is 32.1 Å². The molecule has 8 atom stereocenters. The Hall–Kier alpha value is -2.49. The van der Waals surface area contributed by atoms with Crippen molar-refractivity contribution in [3.63, 3.8) is 0 Å². The number of carbonyl (C=O) groups excluding carboxylic acids is 3. The van der Waals surface area contributed by atoms with Crippen LogP contribution in [0.15, 0.2) is 36.0 Å². The number of carbonyl (C=O) groups is 3. The van der Waals surface area contributed by atoms with Gasteiger partial charge in [-0.2, -0.15) is 0 Å². The lowest BCUT2D eigenvalue weighted by atomic mass is 9.51. The zero-order valence-electron chi connectivity index (χ0n) is 21.1. The third kappa shape index (κ3) is 3.83. The summed E-state index contributed by atoms with van der Waals surface area (Å²) < 4.78 is 29.8. The number of hydrogen-bond donors (Lipinski definition) is 1. The Morgan fingerprint density at radius 2 is 1.75 bits per heavy atom. The quantitative estimate of drug-likeness (QED) is 0.230. The molecule has 3 aliphatic heterocycles. The highest BCUT2D eigenvalue weighted by atomic mass is 16.6. The highest BCUT2D eigenvalue weighted by Gasteiger charge is 2.83. The molecule has 0 aromatic heterocycles. The van der Waals surface area contributed by atoms with Gasteiger partial charge in [-0.1, -0.05) is 37.6 Å². The fourth-order valence-electron chi connectivity index (χ4n) is 6.68. The minimum Gasteiger partial charge on any atom is -0.464 e. The van der Waals surface area contributed by atoms with Crippen LogP contribution in [0.4, 0.5) is 0 Å². The molecule has 1 saturated carbocycles. The van der Waals surface area contributed by atoms with Crippen molar-refractivity contribution in [2.45, 2.75) is 76.4 Å². The van der Waals surface area contributed by atoms with Crippen LogP contribution in [0.2, 0.25) is 0 Å². The van der Waals surface area contributed by atoms with Crippen LogP contribution in [0, 0.1) is 16.7 Å². The van der Waals surface area contributed by atoms with E-state index < -0.39 is 46.5 Å². The van der Waals surface area contributed by atoms with E-state index in [2.05, 4.69) is 19.9 Å². The van der Waals surface area contributed by atoms with Crippen LogP contribution in [-0.4, -0.2) is 67.7 Å². The van der Waals surface area contributed by atoms with Crippen LogP contribution in [0.1, 0.15) is 46.5 Å². The normalized spacial score (nSPS) is 46.8. The first-order valence-corrected chi connectivity index (χ1v) is 12.7. The molecule has 5 aliphatic rings. The van der Waals surface area contributed by atoms with E-state index >= 15 is 0 Å². The van der Waals surface area contributed by atoms with Crippen LogP contribution < -0.4 is 5.73 Å². The van der Waals surface area contributed by atoms with Gasteiger partial charge in [-0.15, -0.1) is 0 Å². The molecule has 3 heterocycles. The Labute approximate surface area is 211 Å². The lowest BCUT2D eigenvalue weighted by molar-refractivity contribution is -0.233. The van der Waals surface area contributed by atoms with Gasteiger partial charge < -0.3 is 29.4 Å². The highest BCUT2D eigenvalue weighted by Crippen LogP contribution is 2.72. The minimum atomic E-state index is -0.870. The van der Waals surface area contributed by atoms with E-state index in [1.807, 2.05) is 6.92 Å². The third-order valence-electron chi connectivity index (χ3n) is 9.23. The largest absolute Gasteiger partial charge is 0.464 e. The summed E-state index contributed by atoms with van der Waals surface area (Å²) in [6, 6.07) is -0.870. The van der Waals surface area contributed by atoms with E-state index in [0.717, 1.165) is 6.42 Å². The van der Waals surface area contributed by atoms with E-state index in [1.54, 1.807) is 0 Å². The highest BCUT2D eigenvalue weighted by molar-refractivity contribution is 5.84.